The summed E-state index contributed by atoms with van der Waals surface area (Å²) in [5.74, 6) is 0.203. The van der Waals surface area contributed by atoms with E-state index in [0.717, 1.165) is 35.5 Å². The fourth-order valence-corrected chi connectivity index (χ4v) is 4.76. The second-order valence-corrected chi connectivity index (χ2v) is 7.94. The summed E-state index contributed by atoms with van der Waals surface area (Å²) < 4.78 is 13.2. The molecule has 2 N–H and O–H groups in total. The predicted molar refractivity (Wildman–Crippen MR) is 109 cm³/mol. The molecule has 2 aromatic heterocycles. The molecular weight excluding hydrogens is 375 g/mol. The fraction of sp³-hybridized carbons (Fsp3) is 0.190. The summed E-state index contributed by atoms with van der Waals surface area (Å²) in [7, 11) is 0. The number of hydrogen-bond donors (Lipinski definition) is 2. The van der Waals surface area contributed by atoms with Gasteiger partial charge in [0.2, 0.25) is 5.95 Å². The van der Waals surface area contributed by atoms with Gasteiger partial charge in [-0.05, 0) is 55.7 Å². The third-order valence-corrected chi connectivity index (χ3v) is 6.15. The number of para-hydroxylation sites is 1. The number of aryl methyl sites for hydroxylation is 1. The summed E-state index contributed by atoms with van der Waals surface area (Å²) in [4.78, 5) is 25.8. The summed E-state index contributed by atoms with van der Waals surface area (Å²) in [6.45, 7) is 0. The van der Waals surface area contributed by atoms with Gasteiger partial charge in [-0.1, -0.05) is 12.1 Å². The number of nitrogens with zero attached hydrogens (tertiary/aromatic N) is 2. The molecule has 0 bridgehead atoms. The van der Waals surface area contributed by atoms with E-state index in [1.54, 1.807) is 29.5 Å². The van der Waals surface area contributed by atoms with Crippen LogP contribution < -0.4 is 10.9 Å². The molecule has 0 saturated heterocycles. The van der Waals surface area contributed by atoms with Gasteiger partial charge in [-0.2, -0.15) is 0 Å². The molecule has 0 aliphatic heterocycles. The SMILES string of the molecule is O=c1[nH]c(NC2CCCc3sc(-c4ccc(F)cc4)nc32)nc2ccccc12. The minimum absolute atomic E-state index is 0.0153. The Morgan fingerprint density at radius 3 is 2.79 bits per heavy atom. The van der Waals surface area contributed by atoms with Crippen molar-refractivity contribution < 1.29 is 4.39 Å². The number of anilines is 1. The molecule has 0 amide bonds. The van der Waals surface area contributed by atoms with Crippen LogP contribution in [-0.2, 0) is 6.42 Å². The van der Waals surface area contributed by atoms with E-state index in [1.807, 2.05) is 18.2 Å². The molecule has 0 saturated carbocycles. The minimum atomic E-state index is -0.254. The molecule has 2 aromatic carbocycles. The molecule has 7 heteroatoms. The van der Waals surface area contributed by atoms with Crippen molar-refractivity contribution in [1.29, 1.82) is 0 Å². The molecule has 2 heterocycles. The van der Waals surface area contributed by atoms with Crippen LogP contribution in [0.4, 0.5) is 10.3 Å². The predicted octanol–water partition coefficient (Wildman–Crippen LogP) is 4.68. The number of thiazole rings is 1. The summed E-state index contributed by atoms with van der Waals surface area (Å²) in [6.07, 6.45) is 2.93. The number of rotatable bonds is 3. The van der Waals surface area contributed by atoms with Crippen LogP contribution in [0.2, 0.25) is 0 Å². The van der Waals surface area contributed by atoms with E-state index < -0.39 is 0 Å². The van der Waals surface area contributed by atoms with Crippen LogP contribution >= 0.6 is 11.3 Å². The molecule has 0 radical (unpaired) electrons. The van der Waals surface area contributed by atoms with Gasteiger partial charge in [0.05, 0.1) is 22.6 Å². The molecular formula is C21H17FN4OS. The molecule has 28 heavy (non-hydrogen) atoms. The Labute approximate surface area is 164 Å². The zero-order chi connectivity index (χ0) is 19.1. The van der Waals surface area contributed by atoms with Crippen LogP contribution in [-0.4, -0.2) is 15.0 Å². The summed E-state index contributed by atoms with van der Waals surface area (Å²) >= 11 is 1.65. The maximum atomic E-state index is 13.2. The maximum Gasteiger partial charge on any atom is 0.260 e. The molecule has 1 atom stereocenters. The lowest BCUT2D eigenvalue weighted by Crippen LogP contribution is -2.20. The van der Waals surface area contributed by atoms with Gasteiger partial charge in [-0.25, -0.2) is 14.4 Å². The highest BCUT2D eigenvalue weighted by Crippen LogP contribution is 2.38. The first-order valence-electron chi connectivity index (χ1n) is 9.18. The van der Waals surface area contributed by atoms with Crippen molar-refractivity contribution in [3.63, 3.8) is 0 Å². The quantitative estimate of drug-likeness (QED) is 0.531. The molecule has 1 aliphatic rings. The van der Waals surface area contributed by atoms with E-state index in [9.17, 15) is 9.18 Å². The van der Waals surface area contributed by atoms with Gasteiger partial charge in [-0.15, -0.1) is 11.3 Å². The molecule has 5 nitrogen and oxygen atoms in total. The van der Waals surface area contributed by atoms with Crippen LogP contribution in [0.1, 0.15) is 29.5 Å². The van der Waals surface area contributed by atoms with E-state index >= 15 is 0 Å². The van der Waals surface area contributed by atoms with E-state index in [0.29, 0.717) is 16.9 Å². The van der Waals surface area contributed by atoms with Crippen LogP contribution in [0, 0.1) is 5.82 Å². The Morgan fingerprint density at radius 1 is 1.11 bits per heavy atom. The zero-order valence-electron chi connectivity index (χ0n) is 14.9. The van der Waals surface area contributed by atoms with Crippen LogP contribution in [0.5, 0.6) is 0 Å². The van der Waals surface area contributed by atoms with Gasteiger partial charge in [0.1, 0.15) is 10.8 Å². The van der Waals surface area contributed by atoms with Gasteiger partial charge in [0.15, 0.2) is 0 Å². The number of benzene rings is 2. The maximum absolute atomic E-state index is 13.2. The smallest absolute Gasteiger partial charge is 0.260 e. The Morgan fingerprint density at radius 2 is 1.93 bits per heavy atom. The summed E-state index contributed by atoms with van der Waals surface area (Å²) in [5.41, 5.74) is 2.41. The Bertz CT molecular complexity index is 1220. The van der Waals surface area contributed by atoms with Crippen molar-refractivity contribution in [3.8, 4) is 10.6 Å². The van der Waals surface area contributed by atoms with Gasteiger partial charge in [-0.3, -0.25) is 9.78 Å². The minimum Gasteiger partial charge on any atom is -0.347 e. The first kappa shape index (κ1) is 17.1. The standard InChI is InChI=1S/C21H17FN4OS/c22-13-10-8-12(9-11-13)20-25-18-16(6-3-7-17(18)28-20)24-21-23-15-5-2-1-4-14(15)19(27)26-21/h1-2,4-5,8-11,16H,3,6-7H2,(H2,23,24,26,27). The average molecular weight is 392 g/mol. The van der Waals surface area contributed by atoms with E-state index in [4.69, 9.17) is 4.98 Å². The molecule has 0 spiro atoms. The van der Waals surface area contributed by atoms with Gasteiger partial charge < -0.3 is 5.32 Å². The second kappa shape index (κ2) is 6.83. The first-order chi connectivity index (χ1) is 13.7. The van der Waals surface area contributed by atoms with Crippen molar-refractivity contribution in [3.05, 3.63) is 75.3 Å². The van der Waals surface area contributed by atoms with E-state index in [-0.39, 0.29) is 17.4 Å². The number of H-pyrrole nitrogens is 1. The van der Waals surface area contributed by atoms with E-state index in [1.165, 1.54) is 17.0 Å². The van der Waals surface area contributed by atoms with Crippen molar-refractivity contribution in [2.45, 2.75) is 25.3 Å². The van der Waals surface area contributed by atoms with Crippen LogP contribution in [0.25, 0.3) is 21.5 Å². The van der Waals surface area contributed by atoms with E-state index in [2.05, 4.69) is 15.3 Å². The molecule has 1 unspecified atom stereocenters. The van der Waals surface area contributed by atoms with Crippen molar-refractivity contribution in [2.24, 2.45) is 0 Å². The lowest BCUT2D eigenvalue weighted by atomic mass is 9.98. The van der Waals surface area contributed by atoms with Gasteiger partial charge in [0, 0.05) is 10.4 Å². The highest BCUT2D eigenvalue weighted by atomic mass is 32.1. The van der Waals surface area contributed by atoms with Crippen LogP contribution in [0.15, 0.2) is 53.3 Å². The average Bonchev–Trinajstić information content (AvgIpc) is 3.14. The number of aromatic amines is 1. The summed E-state index contributed by atoms with van der Waals surface area (Å²) in [6, 6.07) is 13.7. The topological polar surface area (TPSA) is 70.7 Å². The highest BCUT2D eigenvalue weighted by molar-refractivity contribution is 7.15. The fourth-order valence-electron chi connectivity index (χ4n) is 3.59. The van der Waals surface area contributed by atoms with Gasteiger partial charge in [0.25, 0.3) is 5.56 Å². The monoisotopic (exact) mass is 392 g/mol. The highest BCUT2D eigenvalue weighted by Gasteiger charge is 2.25. The Kier molecular flexibility index (Phi) is 4.16. The first-order valence-corrected chi connectivity index (χ1v) is 10.0. The number of aromatic nitrogens is 3. The number of halogens is 1. The number of hydrogen-bond acceptors (Lipinski definition) is 5. The largest absolute Gasteiger partial charge is 0.347 e. The van der Waals surface area contributed by atoms with Crippen molar-refractivity contribution in [1.82, 2.24) is 15.0 Å². The third kappa shape index (κ3) is 3.07. The Balaban J connectivity index is 1.48. The lowest BCUT2D eigenvalue weighted by Gasteiger charge is -2.22. The Hall–Kier alpha value is -3.06. The van der Waals surface area contributed by atoms with Crippen molar-refractivity contribution in [2.75, 3.05) is 5.32 Å². The van der Waals surface area contributed by atoms with Crippen molar-refractivity contribution >= 4 is 28.2 Å². The lowest BCUT2D eigenvalue weighted by molar-refractivity contribution is 0.590. The molecule has 0 fully saturated rings. The second-order valence-electron chi connectivity index (χ2n) is 6.86. The normalized spacial score (nSPS) is 16.1. The number of nitrogens with one attached hydrogen (secondary N) is 2. The van der Waals surface area contributed by atoms with Crippen LogP contribution in [0.3, 0.4) is 0 Å². The summed E-state index contributed by atoms with van der Waals surface area (Å²) in [5, 5.41) is 4.82. The third-order valence-electron chi connectivity index (χ3n) is 4.97. The van der Waals surface area contributed by atoms with Gasteiger partial charge >= 0.3 is 0 Å². The molecule has 5 rings (SSSR count). The molecule has 1 aliphatic carbocycles. The molecule has 140 valence electrons. The number of fused-ring (bicyclic) bond motifs is 2. The zero-order valence-corrected chi connectivity index (χ0v) is 15.7. The molecule has 4 aromatic rings.